The van der Waals surface area contributed by atoms with Crippen LogP contribution in [-0.4, -0.2) is 67.7 Å². The third-order valence-electron chi connectivity index (χ3n) is 3.98. The number of carbonyl (C=O) groups excluding carboxylic acids is 1. The van der Waals surface area contributed by atoms with Crippen LogP contribution in [0.15, 0.2) is 0 Å². The van der Waals surface area contributed by atoms with Gasteiger partial charge in [-0.15, -0.1) is 0 Å². The third-order valence-corrected chi connectivity index (χ3v) is 3.98. The largest absolute Gasteiger partial charge is 0.380 e. The van der Waals surface area contributed by atoms with Crippen LogP contribution in [0.4, 0.5) is 0 Å². The van der Waals surface area contributed by atoms with E-state index in [0.717, 1.165) is 52.4 Å². The summed E-state index contributed by atoms with van der Waals surface area (Å²) in [6.07, 6.45) is 0.946. The summed E-state index contributed by atoms with van der Waals surface area (Å²) in [5, 5.41) is 0. The van der Waals surface area contributed by atoms with E-state index < -0.39 is 0 Å². The molecule has 1 rings (SSSR count). The molecular formula is C14H29N3O2. The van der Waals surface area contributed by atoms with Gasteiger partial charge in [-0.3, -0.25) is 9.69 Å². The SMILES string of the molecule is CCOCCN1CCN(C(=O)C(N)C(C)CC)CC1. The van der Waals surface area contributed by atoms with Crippen LogP contribution in [0.1, 0.15) is 27.2 Å². The second-order valence-electron chi connectivity index (χ2n) is 5.28. The maximum atomic E-state index is 12.2. The zero-order valence-electron chi connectivity index (χ0n) is 12.6. The van der Waals surface area contributed by atoms with Crippen molar-refractivity contribution < 1.29 is 9.53 Å². The van der Waals surface area contributed by atoms with Gasteiger partial charge in [-0.25, -0.2) is 0 Å². The van der Waals surface area contributed by atoms with Crippen molar-refractivity contribution in [2.75, 3.05) is 45.9 Å². The molecule has 0 aromatic heterocycles. The molecule has 0 spiro atoms. The lowest BCUT2D eigenvalue weighted by molar-refractivity contribution is -0.135. The Morgan fingerprint density at radius 3 is 2.42 bits per heavy atom. The summed E-state index contributed by atoms with van der Waals surface area (Å²) in [5.41, 5.74) is 6.01. The Hall–Kier alpha value is -0.650. The van der Waals surface area contributed by atoms with E-state index in [1.54, 1.807) is 0 Å². The average molecular weight is 271 g/mol. The minimum absolute atomic E-state index is 0.110. The lowest BCUT2D eigenvalue weighted by Crippen LogP contribution is -2.54. The quantitative estimate of drug-likeness (QED) is 0.687. The highest BCUT2D eigenvalue weighted by Crippen LogP contribution is 2.10. The van der Waals surface area contributed by atoms with Gasteiger partial charge in [0.15, 0.2) is 0 Å². The highest BCUT2D eigenvalue weighted by molar-refractivity contribution is 5.82. The summed E-state index contributed by atoms with van der Waals surface area (Å²) in [6, 6.07) is -0.347. The minimum Gasteiger partial charge on any atom is -0.380 e. The van der Waals surface area contributed by atoms with E-state index >= 15 is 0 Å². The Balaban J connectivity index is 2.30. The fourth-order valence-electron chi connectivity index (χ4n) is 2.24. The molecule has 1 aliphatic rings. The first-order valence-electron chi connectivity index (χ1n) is 7.44. The first-order valence-corrected chi connectivity index (χ1v) is 7.44. The number of carbonyl (C=O) groups is 1. The van der Waals surface area contributed by atoms with Crippen LogP contribution in [0.5, 0.6) is 0 Å². The van der Waals surface area contributed by atoms with Gasteiger partial charge >= 0.3 is 0 Å². The molecule has 1 fully saturated rings. The van der Waals surface area contributed by atoms with Crippen LogP contribution >= 0.6 is 0 Å². The van der Waals surface area contributed by atoms with Crippen molar-refractivity contribution in [3.8, 4) is 0 Å². The fraction of sp³-hybridized carbons (Fsp3) is 0.929. The van der Waals surface area contributed by atoms with Crippen LogP contribution in [0.2, 0.25) is 0 Å². The maximum absolute atomic E-state index is 12.2. The molecule has 2 unspecified atom stereocenters. The number of amides is 1. The topological polar surface area (TPSA) is 58.8 Å². The number of rotatable bonds is 7. The molecule has 5 heteroatoms. The Labute approximate surface area is 117 Å². The molecule has 1 saturated heterocycles. The van der Waals surface area contributed by atoms with Gasteiger partial charge < -0.3 is 15.4 Å². The van der Waals surface area contributed by atoms with Crippen molar-refractivity contribution in [3.63, 3.8) is 0 Å². The van der Waals surface area contributed by atoms with Crippen LogP contribution in [0.25, 0.3) is 0 Å². The predicted octanol–water partition coefficient (Wildman–Crippen LogP) is 0.541. The molecule has 2 atom stereocenters. The first-order chi connectivity index (χ1) is 9.10. The fourth-order valence-corrected chi connectivity index (χ4v) is 2.24. The van der Waals surface area contributed by atoms with Crippen LogP contribution < -0.4 is 5.73 Å². The summed E-state index contributed by atoms with van der Waals surface area (Å²) in [7, 11) is 0. The number of ether oxygens (including phenoxy) is 1. The van der Waals surface area contributed by atoms with Crippen molar-refractivity contribution in [3.05, 3.63) is 0 Å². The van der Waals surface area contributed by atoms with Gasteiger partial charge in [0, 0.05) is 39.3 Å². The van der Waals surface area contributed by atoms with Gasteiger partial charge in [0.05, 0.1) is 12.6 Å². The van der Waals surface area contributed by atoms with Crippen molar-refractivity contribution in [1.29, 1.82) is 0 Å². The number of piperazine rings is 1. The Bertz CT molecular complexity index is 265. The van der Waals surface area contributed by atoms with E-state index in [2.05, 4.69) is 11.8 Å². The third kappa shape index (κ3) is 5.09. The summed E-state index contributed by atoms with van der Waals surface area (Å²) in [4.78, 5) is 16.5. The van der Waals surface area contributed by atoms with Crippen LogP contribution in [-0.2, 0) is 9.53 Å². The lowest BCUT2D eigenvalue weighted by Gasteiger charge is -2.36. The summed E-state index contributed by atoms with van der Waals surface area (Å²) in [6.45, 7) is 12.0. The molecule has 1 aliphatic heterocycles. The first kappa shape index (κ1) is 16.4. The van der Waals surface area contributed by atoms with Gasteiger partial charge in [-0.1, -0.05) is 20.3 Å². The molecule has 19 heavy (non-hydrogen) atoms. The van der Waals surface area contributed by atoms with Crippen molar-refractivity contribution in [2.24, 2.45) is 11.7 Å². The Morgan fingerprint density at radius 2 is 1.89 bits per heavy atom. The molecule has 0 aromatic rings. The minimum atomic E-state index is -0.347. The number of hydrogen-bond donors (Lipinski definition) is 1. The van der Waals surface area contributed by atoms with E-state index in [1.165, 1.54) is 0 Å². The highest BCUT2D eigenvalue weighted by Gasteiger charge is 2.27. The van der Waals surface area contributed by atoms with Gasteiger partial charge in [-0.05, 0) is 12.8 Å². The molecule has 0 bridgehead atoms. The molecule has 5 nitrogen and oxygen atoms in total. The molecule has 0 aromatic carbocycles. The van der Waals surface area contributed by atoms with Gasteiger partial charge in [0.1, 0.15) is 0 Å². The second-order valence-corrected chi connectivity index (χ2v) is 5.28. The molecular weight excluding hydrogens is 242 g/mol. The van der Waals surface area contributed by atoms with E-state index in [0.29, 0.717) is 0 Å². The Morgan fingerprint density at radius 1 is 1.26 bits per heavy atom. The number of nitrogens with two attached hydrogens (primary N) is 1. The summed E-state index contributed by atoms with van der Waals surface area (Å²) in [5.74, 6) is 0.363. The monoisotopic (exact) mass is 271 g/mol. The molecule has 1 heterocycles. The molecule has 0 aliphatic carbocycles. The van der Waals surface area contributed by atoms with Crippen LogP contribution in [0, 0.1) is 5.92 Å². The van der Waals surface area contributed by atoms with E-state index in [4.69, 9.17) is 10.5 Å². The zero-order chi connectivity index (χ0) is 14.3. The predicted molar refractivity (Wildman–Crippen MR) is 76.9 cm³/mol. The van der Waals surface area contributed by atoms with E-state index in [9.17, 15) is 4.79 Å². The summed E-state index contributed by atoms with van der Waals surface area (Å²) < 4.78 is 5.35. The standard InChI is InChI=1S/C14H29N3O2/c1-4-12(3)13(15)14(18)17-8-6-16(7-9-17)10-11-19-5-2/h12-13H,4-11,15H2,1-3H3. The van der Waals surface area contributed by atoms with E-state index in [1.807, 2.05) is 18.7 Å². The highest BCUT2D eigenvalue weighted by atomic mass is 16.5. The lowest BCUT2D eigenvalue weighted by atomic mass is 9.98. The van der Waals surface area contributed by atoms with Gasteiger partial charge in [-0.2, -0.15) is 0 Å². The smallest absolute Gasteiger partial charge is 0.239 e. The van der Waals surface area contributed by atoms with Gasteiger partial charge in [0.2, 0.25) is 5.91 Å². The number of hydrogen-bond acceptors (Lipinski definition) is 4. The Kier molecular flexibility index (Phi) is 7.34. The van der Waals surface area contributed by atoms with Crippen LogP contribution in [0.3, 0.4) is 0 Å². The molecule has 2 N–H and O–H groups in total. The molecule has 1 amide bonds. The molecule has 112 valence electrons. The molecule has 0 radical (unpaired) electrons. The van der Waals surface area contributed by atoms with E-state index in [-0.39, 0.29) is 17.9 Å². The second kappa shape index (κ2) is 8.51. The van der Waals surface area contributed by atoms with Gasteiger partial charge in [0.25, 0.3) is 0 Å². The zero-order valence-corrected chi connectivity index (χ0v) is 12.6. The molecule has 0 saturated carbocycles. The maximum Gasteiger partial charge on any atom is 0.239 e. The number of nitrogens with zero attached hydrogens (tertiary/aromatic N) is 2. The normalized spacial score (nSPS) is 20.3. The van der Waals surface area contributed by atoms with Crippen molar-refractivity contribution in [2.45, 2.75) is 33.2 Å². The van der Waals surface area contributed by atoms with Crippen molar-refractivity contribution in [1.82, 2.24) is 9.80 Å². The summed E-state index contributed by atoms with van der Waals surface area (Å²) >= 11 is 0. The average Bonchev–Trinajstić information content (AvgIpc) is 2.46. The van der Waals surface area contributed by atoms with Crippen molar-refractivity contribution >= 4 is 5.91 Å².